The molecule has 0 unspecified atom stereocenters. The number of quaternary nitrogens is 1. The Morgan fingerprint density at radius 1 is 1.30 bits per heavy atom. The topological polar surface area (TPSA) is 51.5 Å². The van der Waals surface area contributed by atoms with Crippen LogP contribution in [0.1, 0.15) is 50.5 Å². The van der Waals surface area contributed by atoms with E-state index >= 15 is 0 Å². The lowest BCUT2D eigenvalue weighted by atomic mass is 9.90. The lowest BCUT2D eigenvalue weighted by Crippen LogP contribution is -3.06. The third kappa shape index (κ3) is 4.94. The summed E-state index contributed by atoms with van der Waals surface area (Å²) in [4.78, 5) is 13.7. The highest BCUT2D eigenvalue weighted by Gasteiger charge is 2.33. The molecule has 1 atom stereocenters. The summed E-state index contributed by atoms with van der Waals surface area (Å²) in [6.07, 6.45) is 4.36. The van der Waals surface area contributed by atoms with E-state index in [-0.39, 0.29) is 5.60 Å². The highest BCUT2D eigenvalue weighted by Crippen LogP contribution is 2.42. The van der Waals surface area contributed by atoms with Crippen molar-refractivity contribution in [1.29, 1.82) is 0 Å². The van der Waals surface area contributed by atoms with Crippen LogP contribution in [-0.2, 0) is 17.8 Å². The molecule has 0 bridgehead atoms. The van der Waals surface area contributed by atoms with Crippen LogP contribution in [0.5, 0.6) is 0 Å². The molecule has 3 rings (SSSR count). The Labute approximate surface area is 171 Å². The molecule has 1 aliphatic rings. The van der Waals surface area contributed by atoms with Crippen LogP contribution in [-0.4, -0.2) is 48.5 Å². The highest BCUT2D eigenvalue weighted by atomic mass is 32.2. The van der Waals surface area contributed by atoms with Crippen molar-refractivity contribution in [3.8, 4) is 0 Å². The molecule has 7 heteroatoms. The van der Waals surface area contributed by atoms with Crippen LogP contribution in [0, 0.1) is 0 Å². The van der Waals surface area contributed by atoms with Crippen molar-refractivity contribution in [1.82, 2.24) is 9.97 Å². The van der Waals surface area contributed by atoms with E-state index in [1.807, 2.05) is 0 Å². The number of thiophene rings is 1. The first kappa shape index (κ1) is 20.8. The van der Waals surface area contributed by atoms with Crippen LogP contribution in [0.3, 0.4) is 0 Å². The monoisotopic (exact) mass is 409 g/mol. The van der Waals surface area contributed by atoms with Gasteiger partial charge in [0.05, 0.1) is 44.8 Å². The van der Waals surface area contributed by atoms with Gasteiger partial charge < -0.3 is 15.0 Å². The van der Waals surface area contributed by atoms with Gasteiger partial charge in [-0.3, -0.25) is 0 Å². The normalized spacial score (nSPS) is 19.6. The van der Waals surface area contributed by atoms with Gasteiger partial charge in [-0.05, 0) is 25.3 Å². The number of rotatable bonds is 9. The fourth-order valence-corrected chi connectivity index (χ4v) is 5.30. The number of nitrogens with zero attached hydrogens (tertiary/aromatic N) is 2. The minimum atomic E-state index is -0.0827. The van der Waals surface area contributed by atoms with Crippen LogP contribution in [0.15, 0.2) is 5.16 Å². The van der Waals surface area contributed by atoms with Gasteiger partial charge in [0.25, 0.3) is 0 Å². The van der Waals surface area contributed by atoms with Gasteiger partial charge in [-0.15, -0.1) is 11.3 Å². The molecule has 2 aromatic rings. The fraction of sp³-hybridized carbons (Fsp3) is 0.700. The molecular weight excluding hydrogens is 376 g/mol. The highest BCUT2D eigenvalue weighted by molar-refractivity contribution is 7.99. The van der Waals surface area contributed by atoms with E-state index < -0.39 is 0 Å². The summed E-state index contributed by atoms with van der Waals surface area (Å²) >= 11 is 3.56. The van der Waals surface area contributed by atoms with Gasteiger partial charge in [0.1, 0.15) is 10.6 Å². The number of fused-ring (bicyclic) bond motifs is 3. The maximum absolute atomic E-state index is 6.17. The molecule has 1 aliphatic heterocycles. The first-order valence-electron chi connectivity index (χ1n) is 10.1. The predicted molar refractivity (Wildman–Crippen MR) is 116 cm³/mol. The van der Waals surface area contributed by atoms with E-state index in [1.165, 1.54) is 33.6 Å². The maximum Gasteiger partial charge on any atom is 0.190 e. The summed E-state index contributed by atoms with van der Waals surface area (Å²) in [6, 6.07) is 0. The Balaban J connectivity index is 1.97. The zero-order chi connectivity index (χ0) is 19.4. The fourth-order valence-electron chi connectivity index (χ4n) is 3.21. The third-order valence-electron chi connectivity index (χ3n) is 5.21. The van der Waals surface area contributed by atoms with Gasteiger partial charge in [0, 0.05) is 17.1 Å². The number of likely N-dealkylation sites (N-methyl/N-ethyl adjacent to an activating group) is 1. The largest absolute Gasteiger partial charge is 0.369 e. The maximum atomic E-state index is 6.17. The second-order valence-corrected chi connectivity index (χ2v) is 10.0. The minimum Gasteiger partial charge on any atom is -0.369 e. The van der Waals surface area contributed by atoms with Crippen LogP contribution >= 0.6 is 23.1 Å². The van der Waals surface area contributed by atoms with Crippen LogP contribution in [0.25, 0.3) is 10.2 Å². The second-order valence-electron chi connectivity index (χ2n) is 7.89. The average Bonchev–Trinajstić information content (AvgIpc) is 2.99. The number of unbranched alkanes of at least 4 members (excludes halogenated alkanes) is 1. The average molecular weight is 410 g/mol. The van der Waals surface area contributed by atoms with E-state index in [0.29, 0.717) is 6.61 Å². The number of anilines is 1. The van der Waals surface area contributed by atoms with Gasteiger partial charge in [0.2, 0.25) is 0 Å². The number of ether oxygens (including phenoxy) is 1. The Hall–Kier alpha value is -0.890. The molecule has 2 aromatic heterocycles. The molecule has 0 saturated carbocycles. The number of hydrogen-bond acceptors (Lipinski definition) is 6. The first-order valence-corrected chi connectivity index (χ1v) is 11.9. The molecule has 5 nitrogen and oxygen atoms in total. The standard InChI is InChI=1S/C20H32N4OS2/c1-6-8-11-26-19-22-17(21-9-10-24(4)5)16-14-12-20(3,7-2)25-13-15(14)27-18(16)23-19/h6-13H2,1-5H3,(H,21,22,23)/p+1/t20-/m0/s1. The molecule has 0 aliphatic carbocycles. The lowest BCUT2D eigenvalue weighted by molar-refractivity contribution is -0.856. The molecule has 0 saturated heterocycles. The number of thioether (sulfide) groups is 1. The zero-order valence-corrected chi connectivity index (χ0v) is 18.9. The quantitative estimate of drug-likeness (QED) is 0.378. The SMILES string of the molecule is CCCCSc1nc(NCC[NH+](C)C)c2c3c(sc2n1)CO[C@@](C)(CC)C3. The molecule has 0 amide bonds. The Bertz CT molecular complexity index is 777. The van der Waals surface area contributed by atoms with Gasteiger partial charge in [-0.25, -0.2) is 9.97 Å². The number of nitrogens with one attached hydrogen (secondary N) is 2. The van der Waals surface area contributed by atoms with Crippen molar-refractivity contribution in [2.24, 2.45) is 0 Å². The van der Waals surface area contributed by atoms with Gasteiger partial charge >= 0.3 is 0 Å². The van der Waals surface area contributed by atoms with Crippen LogP contribution in [0.4, 0.5) is 5.82 Å². The minimum absolute atomic E-state index is 0.0827. The number of aromatic nitrogens is 2. The second kappa shape index (κ2) is 9.07. The molecule has 3 heterocycles. The van der Waals surface area contributed by atoms with E-state index in [0.717, 1.165) is 47.5 Å². The molecule has 0 spiro atoms. The van der Waals surface area contributed by atoms with Crippen molar-refractivity contribution in [2.75, 3.05) is 38.3 Å². The molecule has 27 heavy (non-hydrogen) atoms. The first-order chi connectivity index (χ1) is 13.0. The van der Waals surface area contributed by atoms with Crippen LogP contribution in [0.2, 0.25) is 0 Å². The Kier molecular flexibility index (Phi) is 7.00. The molecule has 2 N–H and O–H groups in total. The van der Waals surface area contributed by atoms with Crippen molar-refractivity contribution in [3.63, 3.8) is 0 Å². The summed E-state index contributed by atoms with van der Waals surface area (Å²) in [5.41, 5.74) is 1.32. The van der Waals surface area contributed by atoms with Gasteiger partial charge in [-0.1, -0.05) is 32.0 Å². The summed E-state index contributed by atoms with van der Waals surface area (Å²) in [7, 11) is 4.36. The third-order valence-corrected chi connectivity index (χ3v) is 7.24. The zero-order valence-electron chi connectivity index (χ0n) is 17.3. The Morgan fingerprint density at radius 2 is 2.11 bits per heavy atom. The van der Waals surface area contributed by atoms with E-state index in [9.17, 15) is 0 Å². The van der Waals surface area contributed by atoms with E-state index in [2.05, 4.69) is 40.2 Å². The molecule has 0 radical (unpaired) electrons. The summed E-state index contributed by atoms with van der Waals surface area (Å²) < 4.78 is 6.17. The Morgan fingerprint density at radius 3 is 2.81 bits per heavy atom. The van der Waals surface area contributed by atoms with Crippen molar-refractivity contribution >= 4 is 39.1 Å². The summed E-state index contributed by atoms with van der Waals surface area (Å²) in [5.74, 6) is 2.09. The smallest absolute Gasteiger partial charge is 0.190 e. The molecular formula is C20H33N4OS2+. The van der Waals surface area contributed by atoms with Crippen molar-refractivity contribution < 1.29 is 9.64 Å². The van der Waals surface area contributed by atoms with E-state index in [1.54, 1.807) is 23.1 Å². The van der Waals surface area contributed by atoms with E-state index in [4.69, 9.17) is 14.7 Å². The van der Waals surface area contributed by atoms with Crippen molar-refractivity contribution in [3.05, 3.63) is 10.4 Å². The van der Waals surface area contributed by atoms with Gasteiger partial charge in [0.15, 0.2) is 5.16 Å². The lowest BCUT2D eigenvalue weighted by Gasteiger charge is -2.33. The van der Waals surface area contributed by atoms with Crippen LogP contribution < -0.4 is 10.2 Å². The predicted octanol–water partition coefficient (Wildman–Crippen LogP) is 3.38. The summed E-state index contributed by atoms with van der Waals surface area (Å²) in [5, 5.41) is 5.74. The van der Waals surface area contributed by atoms with Gasteiger partial charge in [-0.2, -0.15) is 0 Å². The van der Waals surface area contributed by atoms with Crippen molar-refractivity contribution in [2.45, 2.75) is 63.8 Å². The molecule has 0 aromatic carbocycles. The molecule has 0 fully saturated rings. The molecule has 150 valence electrons. The summed E-state index contributed by atoms with van der Waals surface area (Å²) in [6.45, 7) is 9.32. The number of hydrogen-bond donors (Lipinski definition) is 2.